The van der Waals surface area contributed by atoms with Crippen LogP contribution in [0.15, 0.2) is 18.2 Å². The number of carbonyl (C=O) groups excluding carboxylic acids is 2. The molecule has 0 saturated heterocycles. The summed E-state index contributed by atoms with van der Waals surface area (Å²) < 4.78 is 0. The second-order valence-corrected chi connectivity index (χ2v) is 7.51. The number of fused-ring (bicyclic) bond motifs is 5. The molecule has 4 rings (SSSR count). The molecule has 0 amide bonds. The standard InChI is InChI=1S/C19H22O2/c1-11-3-5-13-12(9-11)4-6-14-15-7-8-17(21)19(15,2)10-16(20)18(13)14/h3,5,9,14-15,18H,4,6-8,10H2,1-2H3/t14?,15?,18?,19-/m0/s1. The van der Waals surface area contributed by atoms with E-state index >= 15 is 0 Å². The van der Waals surface area contributed by atoms with E-state index < -0.39 is 0 Å². The molecule has 0 N–H and O–H groups in total. The van der Waals surface area contributed by atoms with Crippen LogP contribution in [0.1, 0.15) is 55.2 Å². The molecule has 2 nitrogen and oxygen atoms in total. The number of hydrogen-bond donors (Lipinski definition) is 0. The highest BCUT2D eigenvalue weighted by atomic mass is 16.1. The van der Waals surface area contributed by atoms with E-state index in [-0.39, 0.29) is 11.3 Å². The first-order chi connectivity index (χ1) is 10.0. The number of ketones is 2. The molecule has 21 heavy (non-hydrogen) atoms. The van der Waals surface area contributed by atoms with E-state index in [0.29, 0.717) is 36.2 Å². The minimum Gasteiger partial charge on any atom is -0.299 e. The summed E-state index contributed by atoms with van der Waals surface area (Å²) in [4.78, 5) is 25.1. The van der Waals surface area contributed by atoms with E-state index in [9.17, 15) is 9.59 Å². The maximum atomic E-state index is 12.8. The second kappa shape index (κ2) is 4.28. The zero-order valence-electron chi connectivity index (χ0n) is 12.8. The third kappa shape index (κ3) is 1.71. The Bertz CT molecular complexity index is 645. The first kappa shape index (κ1) is 13.2. The Hall–Kier alpha value is -1.44. The summed E-state index contributed by atoms with van der Waals surface area (Å²) in [5.41, 5.74) is 3.53. The van der Waals surface area contributed by atoms with E-state index in [1.165, 1.54) is 16.7 Å². The van der Waals surface area contributed by atoms with Gasteiger partial charge in [0.15, 0.2) is 0 Å². The lowest BCUT2D eigenvalue weighted by Crippen LogP contribution is -2.47. The van der Waals surface area contributed by atoms with Crippen LogP contribution in [0.2, 0.25) is 0 Å². The topological polar surface area (TPSA) is 34.1 Å². The van der Waals surface area contributed by atoms with Crippen molar-refractivity contribution in [3.05, 3.63) is 34.9 Å². The summed E-state index contributed by atoms with van der Waals surface area (Å²) in [5, 5.41) is 0. The normalized spacial score (nSPS) is 37.9. The zero-order valence-corrected chi connectivity index (χ0v) is 12.8. The fourth-order valence-electron chi connectivity index (χ4n) is 5.31. The van der Waals surface area contributed by atoms with Gasteiger partial charge in [-0.15, -0.1) is 0 Å². The maximum absolute atomic E-state index is 12.8. The molecule has 3 unspecified atom stereocenters. The molecule has 3 aliphatic rings. The number of hydrogen-bond acceptors (Lipinski definition) is 2. The third-order valence-electron chi connectivity index (χ3n) is 6.35. The summed E-state index contributed by atoms with van der Waals surface area (Å²) in [5.74, 6) is 1.49. The van der Waals surface area contributed by atoms with Crippen molar-refractivity contribution >= 4 is 11.6 Å². The Kier molecular flexibility index (Phi) is 2.70. The number of aryl methyl sites for hydroxylation is 2. The fourth-order valence-corrected chi connectivity index (χ4v) is 5.31. The predicted octanol–water partition coefficient (Wildman–Crippen LogP) is 3.60. The molecule has 110 valence electrons. The lowest BCUT2D eigenvalue weighted by atomic mass is 9.55. The van der Waals surface area contributed by atoms with Gasteiger partial charge in [-0.2, -0.15) is 0 Å². The van der Waals surface area contributed by atoms with Gasteiger partial charge in [0.05, 0.1) is 0 Å². The van der Waals surface area contributed by atoms with Crippen LogP contribution in [0.3, 0.4) is 0 Å². The molecule has 1 aromatic carbocycles. The molecule has 0 spiro atoms. The highest BCUT2D eigenvalue weighted by Gasteiger charge is 2.57. The second-order valence-electron chi connectivity index (χ2n) is 7.51. The Balaban J connectivity index is 1.80. The van der Waals surface area contributed by atoms with Crippen molar-refractivity contribution in [3.63, 3.8) is 0 Å². The lowest BCUT2D eigenvalue weighted by molar-refractivity contribution is -0.139. The van der Waals surface area contributed by atoms with Gasteiger partial charge in [0.2, 0.25) is 0 Å². The molecule has 0 radical (unpaired) electrons. The van der Waals surface area contributed by atoms with E-state index in [0.717, 1.165) is 19.3 Å². The maximum Gasteiger partial charge on any atom is 0.141 e. The predicted molar refractivity (Wildman–Crippen MR) is 81.2 cm³/mol. The van der Waals surface area contributed by atoms with Gasteiger partial charge >= 0.3 is 0 Å². The van der Waals surface area contributed by atoms with E-state index in [1.807, 2.05) is 6.92 Å². The lowest BCUT2D eigenvalue weighted by Gasteiger charge is -2.47. The summed E-state index contributed by atoms with van der Waals surface area (Å²) in [6.07, 6.45) is 4.26. The van der Waals surface area contributed by atoms with Gasteiger partial charge in [0, 0.05) is 24.2 Å². The monoisotopic (exact) mass is 282 g/mol. The molecule has 0 aromatic heterocycles. The molecule has 0 bridgehead atoms. The average molecular weight is 282 g/mol. The summed E-state index contributed by atoms with van der Waals surface area (Å²) in [6, 6.07) is 6.54. The fraction of sp³-hybridized carbons (Fsp3) is 0.579. The van der Waals surface area contributed by atoms with E-state index in [4.69, 9.17) is 0 Å². The van der Waals surface area contributed by atoms with Gasteiger partial charge in [-0.1, -0.05) is 30.7 Å². The zero-order chi connectivity index (χ0) is 14.8. The smallest absolute Gasteiger partial charge is 0.141 e. The van der Waals surface area contributed by atoms with Gasteiger partial charge in [-0.3, -0.25) is 9.59 Å². The van der Waals surface area contributed by atoms with Crippen molar-refractivity contribution in [1.29, 1.82) is 0 Å². The van der Waals surface area contributed by atoms with Crippen molar-refractivity contribution in [1.82, 2.24) is 0 Å². The Labute approximate surface area is 125 Å². The van der Waals surface area contributed by atoms with Crippen LogP contribution in [-0.4, -0.2) is 11.6 Å². The highest BCUT2D eigenvalue weighted by molar-refractivity contribution is 5.97. The molecular weight excluding hydrogens is 260 g/mol. The van der Waals surface area contributed by atoms with Crippen molar-refractivity contribution in [3.8, 4) is 0 Å². The van der Waals surface area contributed by atoms with Crippen LogP contribution in [-0.2, 0) is 16.0 Å². The Morgan fingerprint density at radius 1 is 1.14 bits per heavy atom. The molecule has 2 saturated carbocycles. The summed E-state index contributed by atoms with van der Waals surface area (Å²) in [6.45, 7) is 4.16. The van der Waals surface area contributed by atoms with Crippen molar-refractivity contribution in [2.45, 2.75) is 51.9 Å². The van der Waals surface area contributed by atoms with Crippen molar-refractivity contribution in [2.75, 3.05) is 0 Å². The van der Waals surface area contributed by atoms with Crippen molar-refractivity contribution < 1.29 is 9.59 Å². The Morgan fingerprint density at radius 3 is 2.76 bits per heavy atom. The molecule has 1 aromatic rings. The van der Waals surface area contributed by atoms with E-state index in [1.54, 1.807) is 0 Å². The van der Waals surface area contributed by atoms with Gasteiger partial charge in [-0.25, -0.2) is 0 Å². The summed E-state index contributed by atoms with van der Waals surface area (Å²) in [7, 11) is 0. The Morgan fingerprint density at radius 2 is 1.95 bits per heavy atom. The minimum atomic E-state index is -0.361. The molecule has 2 heteroatoms. The van der Waals surface area contributed by atoms with Gasteiger partial charge in [-0.05, 0) is 49.1 Å². The van der Waals surface area contributed by atoms with Crippen LogP contribution in [0.25, 0.3) is 0 Å². The molecule has 0 heterocycles. The number of carbonyl (C=O) groups is 2. The first-order valence-electron chi connectivity index (χ1n) is 8.16. The molecule has 4 atom stereocenters. The quantitative estimate of drug-likeness (QED) is 0.728. The van der Waals surface area contributed by atoms with Gasteiger partial charge in [0.1, 0.15) is 11.6 Å². The average Bonchev–Trinajstić information content (AvgIpc) is 2.74. The SMILES string of the molecule is Cc1ccc2c(c1)CCC1C2C(=O)C[C@]2(C)C(=O)CCC12. The minimum absolute atomic E-state index is 0.0540. The molecular formula is C19H22O2. The van der Waals surface area contributed by atoms with Crippen LogP contribution >= 0.6 is 0 Å². The third-order valence-corrected chi connectivity index (χ3v) is 6.35. The first-order valence-corrected chi connectivity index (χ1v) is 8.16. The van der Waals surface area contributed by atoms with Crippen LogP contribution in [0.5, 0.6) is 0 Å². The summed E-state index contributed by atoms with van der Waals surface area (Å²) >= 11 is 0. The van der Waals surface area contributed by atoms with Gasteiger partial charge < -0.3 is 0 Å². The molecule has 3 aliphatic carbocycles. The van der Waals surface area contributed by atoms with Crippen molar-refractivity contribution in [2.24, 2.45) is 17.3 Å². The number of Topliss-reactive ketones (excluding diaryl/α,β-unsaturated/α-hetero) is 2. The van der Waals surface area contributed by atoms with Gasteiger partial charge in [0.25, 0.3) is 0 Å². The van der Waals surface area contributed by atoms with Crippen LogP contribution < -0.4 is 0 Å². The molecule has 2 fully saturated rings. The number of benzene rings is 1. The highest BCUT2D eigenvalue weighted by Crippen LogP contribution is 2.58. The van der Waals surface area contributed by atoms with E-state index in [2.05, 4.69) is 25.1 Å². The molecule has 0 aliphatic heterocycles. The van der Waals surface area contributed by atoms with Crippen LogP contribution in [0, 0.1) is 24.2 Å². The number of rotatable bonds is 0. The largest absolute Gasteiger partial charge is 0.299 e. The van der Waals surface area contributed by atoms with Crippen LogP contribution in [0.4, 0.5) is 0 Å².